The lowest BCUT2D eigenvalue weighted by Gasteiger charge is -2.11. The van der Waals surface area contributed by atoms with E-state index in [0.717, 1.165) is 12.0 Å². The fraction of sp³-hybridized carbons (Fsp3) is 0.250. The molecule has 0 spiro atoms. The van der Waals surface area contributed by atoms with Crippen LogP contribution in [-0.4, -0.2) is 20.2 Å². The Labute approximate surface area is 136 Å². The Hall–Kier alpha value is -2.55. The zero-order chi connectivity index (χ0) is 16.2. The van der Waals surface area contributed by atoms with Crippen LogP contribution in [0.3, 0.4) is 0 Å². The molecule has 3 nitrogen and oxygen atoms in total. The molecule has 0 amide bonds. The van der Waals surface area contributed by atoms with Crippen LogP contribution in [0.15, 0.2) is 60.9 Å². The highest BCUT2D eigenvalue weighted by Gasteiger charge is 2.41. The molecule has 0 aliphatic heterocycles. The first kappa shape index (κ1) is 15.3. The molecule has 0 unspecified atom stereocenters. The first-order valence-corrected chi connectivity index (χ1v) is 7.71. The number of hydrogen-bond donors (Lipinski definition) is 0. The molecule has 1 fully saturated rings. The Kier molecular flexibility index (Phi) is 4.47. The van der Waals surface area contributed by atoms with Gasteiger partial charge in [0.15, 0.2) is 0 Å². The lowest BCUT2D eigenvalue weighted by atomic mass is 9.95. The van der Waals surface area contributed by atoms with Gasteiger partial charge in [-0.3, -0.25) is 0 Å². The molecule has 0 N–H and O–H groups in total. The third-order valence-corrected chi connectivity index (χ3v) is 4.31. The van der Waals surface area contributed by atoms with E-state index in [9.17, 15) is 4.79 Å². The maximum atomic E-state index is 12.1. The molecule has 1 aliphatic carbocycles. The molecule has 0 heterocycles. The Bertz CT molecular complexity index is 719. The summed E-state index contributed by atoms with van der Waals surface area (Å²) in [5.41, 5.74) is 3.88. The smallest absolute Gasteiger partial charge is 0.341 e. The molecule has 3 rings (SSSR count). The molecule has 0 saturated heterocycles. The van der Waals surface area contributed by atoms with Crippen LogP contribution in [-0.2, 0) is 14.3 Å². The molecule has 1 saturated carbocycles. The van der Waals surface area contributed by atoms with Crippen LogP contribution < -0.4 is 0 Å². The van der Waals surface area contributed by atoms with Crippen LogP contribution in [0.4, 0.5) is 0 Å². The van der Waals surface area contributed by atoms with Crippen molar-refractivity contribution in [2.24, 2.45) is 0 Å². The van der Waals surface area contributed by atoms with Gasteiger partial charge in [0.25, 0.3) is 0 Å². The number of benzene rings is 2. The normalized spacial score (nSPS) is 20.0. The molecule has 23 heavy (non-hydrogen) atoms. The molecule has 2 atom stereocenters. The van der Waals surface area contributed by atoms with Gasteiger partial charge in [-0.25, -0.2) is 4.79 Å². The molecule has 118 valence electrons. The topological polar surface area (TPSA) is 35.5 Å². The summed E-state index contributed by atoms with van der Waals surface area (Å²) in [6, 6.07) is 18.5. The molecule has 2 aromatic carbocycles. The van der Waals surface area contributed by atoms with Gasteiger partial charge in [0, 0.05) is 0 Å². The molecule has 1 aliphatic rings. The second-order valence-electron chi connectivity index (χ2n) is 5.71. The zero-order valence-corrected chi connectivity index (χ0v) is 13.4. The van der Waals surface area contributed by atoms with Crippen LogP contribution in [0.1, 0.15) is 34.9 Å². The Morgan fingerprint density at radius 2 is 1.70 bits per heavy atom. The largest absolute Gasteiger partial charge is 0.503 e. The van der Waals surface area contributed by atoms with Crippen molar-refractivity contribution in [1.29, 1.82) is 0 Å². The standard InChI is InChI=1S/C20H20O3/c1-22-13-19(20(21)23-2)16-11-7-6-10-15(16)18-12-17(18)14-8-4-3-5-9-14/h3-11,13,17-18H,12H2,1-2H3/b19-13+/t17-,18-/m1/s1. The van der Waals surface area contributed by atoms with Gasteiger partial charge < -0.3 is 9.47 Å². The van der Waals surface area contributed by atoms with Crippen LogP contribution in [0.2, 0.25) is 0 Å². The zero-order valence-electron chi connectivity index (χ0n) is 13.4. The molecule has 0 bridgehead atoms. The Morgan fingerprint density at radius 1 is 1.00 bits per heavy atom. The number of ether oxygens (including phenoxy) is 2. The van der Waals surface area contributed by atoms with Crippen molar-refractivity contribution in [2.45, 2.75) is 18.3 Å². The van der Waals surface area contributed by atoms with Crippen LogP contribution in [0.25, 0.3) is 5.57 Å². The maximum Gasteiger partial charge on any atom is 0.341 e. The van der Waals surface area contributed by atoms with Crippen LogP contribution in [0.5, 0.6) is 0 Å². The van der Waals surface area contributed by atoms with Crippen LogP contribution >= 0.6 is 0 Å². The van der Waals surface area contributed by atoms with Crippen molar-refractivity contribution in [2.75, 3.05) is 14.2 Å². The summed E-state index contributed by atoms with van der Waals surface area (Å²) in [5.74, 6) is 0.563. The van der Waals surface area contributed by atoms with E-state index in [-0.39, 0.29) is 5.97 Å². The maximum absolute atomic E-state index is 12.1. The summed E-state index contributed by atoms with van der Waals surface area (Å²) >= 11 is 0. The van der Waals surface area contributed by atoms with Crippen molar-refractivity contribution >= 4 is 11.5 Å². The second-order valence-corrected chi connectivity index (χ2v) is 5.71. The number of carbonyl (C=O) groups excluding carboxylic acids is 1. The van der Waals surface area contributed by atoms with E-state index < -0.39 is 0 Å². The lowest BCUT2D eigenvalue weighted by Crippen LogP contribution is -2.06. The summed E-state index contributed by atoms with van der Waals surface area (Å²) in [5, 5.41) is 0. The third-order valence-electron chi connectivity index (χ3n) is 4.31. The van der Waals surface area contributed by atoms with Gasteiger partial charge in [-0.2, -0.15) is 0 Å². The molecular formula is C20H20O3. The predicted molar refractivity (Wildman–Crippen MR) is 90.0 cm³/mol. The lowest BCUT2D eigenvalue weighted by molar-refractivity contribution is -0.133. The minimum atomic E-state index is -0.379. The molecule has 2 aromatic rings. The summed E-state index contributed by atoms with van der Waals surface area (Å²) in [6.07, 6.45) is 2.56. The van der Waals surface area contributed by atoms with E-state index in [1.54, 1.807) is 0 Å². The van der Waals surface area contributed by atoms with Crippen molar-refractivity contribution in [1.82, 2.24) is 0 Å². The van der Waals surface area contributed by atoms with E-state index in [0.29, 0.717) is 17.4 Å². The first-order valence-electron chi connectivity index (χ1n) is 7.71. The van der Waals surface area contributed by atoms with E-state index in [1.165, 1.54) is 31.6 Å². The molecule has 0 radical (unpaired) electrons. The fourth-order valence-corrected chi connectivity index (χ4v) is 3.12. The quantitative estimate of drug-likeness (QED) is 0.473. The summed E-state index contributed by atoms with van der Waals surface area (Å²) < 4.78 is 9.98. The molecular weight excluding hydrogens is 288 g/mol. The first-order chi connectivity index (χ1) is 11.3. The number of methoxy groups -OCH3 is 2. The SMILES string of the molecule is CO/C=C(/C(=O)OC)c1ccccc1[C@H]1C[C@@H]1c1ccccc1. The molecule has 3 heteroatoms. The highest BCUT2D eigenvalue weighted by molar-refractivity contribution is 6.16. The van der Waals surface area contributed by atoms with Gasteiger partial charge >= 0.3 is 5.97 Å². The molecule has 0 aromatic heterocycles. The average Bonchev–Trinajstić information content (AvgIpc) is 3.40. The Balaban J connectivity index is 1.93. The van der Waals surface area contributed by atoms with Gasteiger partial charge in [-0.15, -0.1) is 0 Å². The summed E-state index contributed by atoms with van der Waals surface area (Å²) in [6.45, 7) is 0. The van der Waals surface area contributed by atoms with E-state index in [4.69, 9.17) is 9.47 Å². The summed E-state index contributed by atoms with van der Waals surface area (Å²) in [7, 11) is 2.92. The van der Waals surface area contributed by atoms with Crippen molar-refractivity contribution in [3.8, 4) is 0 Å². The predicted octanol–water partition coefficient (Wildman–Crippen LogP) is 4.12. The van der Waals surface area contributed by atoms with Gasteiger partial charge in [0.2, 0.25) is 0 Å². The van der Waals surface area contributed by atoms with E-state index >= 15 is 0 Å². The van der Waals surface area contributed by atoms with Crippen molar-refractivity contribution < 1.29 is 14.3 Å². The minimum Gasteiger partial charge on any atom is -0.503 e. The number of esters is 1. The highest BCUT2D eigenvalue weighted by Crippen LogP contribution is 2.55. The van der Waals surface area contributed by atoms with Gasteiger partial charge in [-0.05, 0) is 34.9 Å². The minimum absolute atomic E-state index is 0.379. The Morgan fingerprint density at radius 3 is 2.39 bits per heavy atom. The van der Waals surface area contributed by atoms with Gasteiger partial charge in [-0.1, -0.05) is 54.6 Å². The van der Waals surface area contributed by atoms with Crippen molar-refractivity contribution in [3.63, 3.8) is 0 Å². The number of carbonyl (C=O) groups is 1. The highest BCUT2D eigenvalue weighted by atomic mass is 16.5. The monoisotopic (exact) mass is 308 g/mol. The van der Waals surface area contributed by atoms with Crippen molar-refractivity contribution in [3.05, 3.63) is 77.5 Å². The van der Waals surface area contributed by atoms with Gasteiger partial charge in [0.05, 0.1) is 20.5 Å². The number of hydrogen-bond acceptors (Lipinski definition) is 3. The fourth-order valence-electron chi connectivity index (χ4n) is 3.12. The second kappa shape index (κ2) is 6.69. The number of rotatable bonds is 5. The third kappa shape index (κ3) is 3.14. The van der Waals surface area contributed by atoms with Gasteiger partial charge in [0.1, 0.15) is 5.57 Å². The average molecular weight is 308 g/mol. The van der Waals surface area contributed by atoms with E-state index in [1.807, 2.05) is 24.3 Å². The van der Waals surface area contributed by atoms with E-state index in [2.05, 4.69) is 30.3 Å². The van der Waals surface area contributed by atoms with Crippen LogP contribution in [0, 0.1) is 0 Å². The summed E-state index contributed by atoms with van der Waals surface area (Å²) in [4.78, 5) is 12.1.